The second-order valence-electron chi connectivity index (χ2n) is 4.66. The van der Waals surface area contributed by atoms with Crippen LogP contribution in [-0.4, -0.2) is 7.05 Å². The van der Waals surface area contributed by atoms with Crippen LogP contribution in [-0.2, 0) is 12.8 Å². The Morgan fingerprint density at radius 3 is 2.76 bits per heavy atom. The summed E-state index contributed by atoms with van der Waals surface area (Å²) < 4.78 is 5.17. The Balaban J connectivity index is 1.97. The predicted octanol–water partition coefficient (Wildman–Crippen LogP) is 3.08. The van der Waals surface area contributed by atoms with Gasteiger partial charge < -0.3 is 9.73 Å². The number of nitrogens with one attached hydrogen (secondary N) is 1. The van der Waals surface area contributed by atoms with E-state index in [1.54, 1.807) is 6.26 Å². The van der Waals surface area contributed by atoms with Crippen molar-refractivity contribution >= 4 is 0 Å². The van der Waals surface area contributed by atoms with E-state index in [-0.39, 0.29) is 6.04 Å². The molecule has 0 amide bonds. The molecule has 1 N–H and O–H groups in total. The molecule has 88 valence electrons. The minimum Gasteiger partial charge on any atom is -0.472 e. The van der Waals surface area contributed by atoms with Gasteiger partial charge in [-0.2, -0.15) is 0 Å². The van der Waals surface area contributed by atoms with Crippen LogP contribution in [0, 0.1) is 0 Å². The summed E-state index contributed by atoms with van der Waals surface area (Å²) in [6.07, 6.45) is 7.31. The van der Waals surface area contributed by atoms with E-state index in [2.05, 4.69) is 23.5 Å². The van der Waals surface area contributed by atoms with E-state index in [9.17, 15) is 0 Å². The fraction of sp³-hybridized carbons (Fsp3) is 0.333. The zero-order chi connectivity index (χ0) is 11.7. The van der Waals surface area contributed by atoms with Gasteiger partial charge in [-0.15, -0.1) is 0 Å². The van der Waals surface area contributed by atoms with E-state index in [4.69, 9.17) is 4.42 Å². The van der Waals surface area contributed by atoms with Crippen molar-refractivity contribution in [2.75, 3.05) is 7.05 Å². The zero-order valence-corrected chi connectivity index (χ0v) is 10.1. The summed E-state index contributed by atoms with van der Waals surface area (Å²) in [5.41, 5.74) is 5.56. The lowest BCUT2D eigenvalue weighted by molar-refractivity contribution is 0.557. The highest BCUT2D eigenvalue weighted by molar-refractivity contribution is 5.39. The van der Waals surface area contributed by atoms with Gasteiger partial charge in [0, 0.05) is 5.56 Å². The first kappa shape index (κ1) is 10.6. The molecule has 17 heavy (non-hydrogen) atoms. The molecular weight excluding hydrogens is 210 g/mol. The number of hydrogen-bond donors (Lipinski definition) is 1. The van der Waals surface area contributed by atoms with Crippen molar-refractivity contribution in [3.05, 3.63) is 59.0 Å². The molecule has 0 spiro atoms. The standard InChI is InChI=1S/C15H17NO/c1-16-15(14-7-8-17-10-14)13-6-5-11-3-2-4-12(11)9-13/h5-10,15-16H,2-4H2,1H3. The van der Waals surface area contributed by atoms with E-state index in [1.165, 1.54) is 41.5 Å². The van der Waals surface area contributed by atoms with Crippen LogP contribution in [0.15, 0.2) is 41.2 Å². The quantitative estimate of drug-likeness (QED) is 0.871. The number of rotatable bonds is 3. The van der Waals surface area contributed by atoms with Gasteiger partial charge >= 0.3 is 0 Å². The lowest BCUT2D eigenvalue weighted by Gasteiger charge is -2.16. The Hall–Kier alpha value is -1.54. The van der Waals surface area contributed by atoms with Crippen molar-refractivity contribution in [2.24, 2.45) is 0 Å². The van der Waals surface area contributed by atoms with Gasteiger partial charge in [0.1, 0.15) is 0 Å². The van der Waals surface area contributed by atoms with Crippen molar-refractivity contribution in [3.8, 4) is 0 Å². The molecule has 0 saturated heterocycles. The number of aryl methyl sites for hydroxylation is 2. The lowest BCUT2D eigenvalue weighted by atomic mass is 9.97. The van der Waals surface area contributed by atoms with E-state index < -0.39 is 0 Å². The van der Waals surface area contributed by atoms with Gasteiger partial charge in [0.15, 0.2) is 0 Å². The summed E-state index contributed by atoms with van der Waals surface area (Å²) in [5.74, 6) is 0. The topological polar surface area (TPSA) is 25.2 Å². The summed E-state index contributed by atoms with van der Waals surface area (Å²) in [4.78, 5) is 0. The molecule has 1 heterocycles. The molecule has 0 bridgehead atoms. The number of benzene rings is 1. The SMILES string of the molecule is CNC(c1ccoc1)c1ccc2c(c1)CCC2. The molecule has 2 nitrogen and oxygen atoms in total. The summed E-state index contributed by atoms with van der Waals surface area (Å²) >= 11 is 0. The summed E-state index contributed by atoms with van der Waals surface area (Å²) in [6.45, 7) is 0. The van der Waals surface area contributed by atoms with Crippen LogP contribution < -0.4 is 5.32 Å². The third-order valence-electron chi connectivity index (χ3n) is 3.62. The van der Waals surface area contributed by atoms with Crippen LogP contribution in [0.25, 0.3) is 0 Å². The van der Waals surface area contributed by atoms with E-state index in [0.29, 0.717) is 0 Å². The van der Waals surface area contributed by atoms with E-state index in [0.717, 1.165) is 0 Å². The Labute approximate surface area is 102 Å². The van der Waals surface area contributed by atoms with Gasteiger partial charge in [-0.25, -0.2) is 0 Å². The smallest absolute Gasteiger partial charge is 0.0953 e. The number of hydrogen-bond acceptors (Lipinski definition) is 2. The first-order valence-electron chi connectivity index (χ1n) is 6.19. The maximum Gasteiger partial charge on any atom is 0.0953 e. The fourth-order valence-corrected chi connectivity index (χ4v) is 2.74. The molecular formula is C15H17NO. The highest BCUT2D eigenvalue weighted by Gasteiger charge is 2.16. The Bertz CT molecular complexity index is 502. The van der Waals surface area contributed by atoms with Crippen LogP contribution >= 0.6 is 0 Å². The average molecular weight is 227 g/mol. The summed E-state index contributed by atoms with van der Waals surface area (Å²) in [5, 5.41) is 3.35. The molecule has 1 atom stereocenters. The summed E-state index contributed by atoms with van der Waals surface area (Å²) in [6, 6.07) is 9.12. The van der Waals surface area contributed by atoms with Gasteiger partial charge in [-0.3, -0.25) is 0 Å². The highest BCUT2D eigenvalue weighted by atomic mass is 16.3. The third kappa shape index (κ3) is 1.89. The normalized spacial score (nSPS) is 15.8. The third-order valence-corrected chi connectivity index (χ3v) is 3.62. The first-order valence-corrected chi connectivity index (χ1v) is 6.19. The average Bonchev–Trinajstić information content (AvgIpc) is 2.99. The minimum absolute atomic E-state index is 0.236. The molecule has 2 heteroatoms. The molecule has 2 aromatic rings. The molecule has 1 aliphatic carbocycles. The van der Waals surface area contributed by atoms with Crippen molar-refractivity contribution in [3.63, 3.8) is 0 Å². The number of fused-ring (bicyclic) bond motifs is 1. The second kappa shape index (κ2) is 4.38. The van der Waals surface area contributed by atoms with Crippen LogP contribution in [0.2, 0.25) is 0 Å². The van der Waals surface area contributed by atoms with Crippen molar-refractivity contribution in [1.82, 2.24) is 5.32 Å². The Morgan fingerprint density at radius 1 is 1.12 bits per heavy atom. The molecule has 3 rings (SSSR count). The maximum atomic E-state index is 5.17. The molecule has 1 aliphatic rings. The van der Waals surface area contributed by atoms with Crippen LogP contribution in [0.3, 0.4) is 0 Å². The predicted molar refractivity (Wildman–Crippen MR) is 68.1 cm³/mol. The molecule has 1 aromatic carbocycles. The van der Waals surface area contributed by atoms with Gasteiger partial charge in [0.25, 0.3) is 0 Å². The Kier molecular flexibility index (Phi) is 2.73. The Morgan fingerprint density at radius 2 is 2.00 bits per heavy atom. The number of furan rings is 1. The molecule has 0 fully saturated rings. The molecule has 1 aromatic heterocycles. The van der Waals surface area contributed by atoms with Gasteiger partial charge in [0.2, 0.25) is 0 Å². The molecule has 0 radical (unpaired) electrons. The van der Waals surface area contributed by atoms with Gasteiger partial charge in [0.05, 0.1) is 18.6 Å². The van der Waals surface area contributed by atoms with Gasteiger partial charge in [-0.1, -0.05) is 18.2 Å². The van der Waals surface area contributed by atoms with Crippen LogP contribution in [0.4, 0.5) is 0 Å². The molecule has 1 unspecified atom stereocenters. The molecule has 0 aliphatic heterocycles. The molecule has 0 saturated carbocycles. The second-order valence-corrected chi connectivity index (χ2v) is 4.66. The maximum absolute atomic E-state index is 5.17. The monoisotopic (exact) mass is 227 g/mol. The highest BCUT2D eigenvalue weighted by Crippen LogP contribution is 2.28. The minimum atomic E-state index is 0.236. The first-order chi connectivity index (χ1) is 8.38. The largest absolute Gasteiger partial charge is 0.472 e. The van der Waals surface area contributed by atoms with E-state index in [1.807, 2.05) is 19.4 Å². The van der Waals surface area contributed by atoms with Crippen molar-refractivity contribution in [1.29, 1.82) is 0 Å². The van der Waals surface area contributed by atoms with Crippen molar-refractivity contribution in [2.45, 2.75) is 25.3 Å². The fourth-order valence-electron chi connectivity index (χ4n) is 2.74. The van der Waals surface area contributed by atoms with Crippen LogP contribution in [0.1, 0.15) is 34.7 Å². The summed E-state index contributed by atoms with van der Waals surface area (Å²) in [7, 11) is 1.99. The van der Waals surface area contributed by atoms with Crippen molar-refractivity contribution < 1.29 is 4.42 Å². The van der Waals surface area contributed by atoms with E-state index >= 15 is 0 Å². The zero-order valence-electron chi connectivity index (χ0n) is 10.1. The lowest BCUT2D eigenvalue weighted by Crippen LogP contribution is -2.17. The van der Waals surface area contributed by atoms with Gasteiger partial charge in [-0.05, 0) is 49.1 Å². The van der Waals surface area contributed by atoms with Crippen LogP contribution in [0.5, 0.6) is 0 Å².